The molecule has 0 amide bonds. The number of ether oxygens (including phenoxy) is 3. The maximum atomic E-state index is 11.3. The van der Waals surface area contributed by atoms with Crippen molar-refractivity contribution in [1.29, 1.82) is 0 Å². The lowest BCUT2D eigenvalue weighted by Gasteiger charge is -2.06. The van der Waals surface area contributed by atoms with E-state index in [0.29, 0.717) is 30.2 Å². The topological polar surface area (TPSA) is 77.9 Å². The van der Waals surface area contributed by atoms with Crippen LogP contribution in [0.25, 0.3) is 0 Å². The number of aromatic carboxylic acids is 1. The number of hydrogen-bond donors (Lipinski definition) is 1. The molecular formula is C15H17NO5S. The van der Waals surface area contributed by atoms with E-state index in [-0.39, 0.29) is 11.5 Å². The zero-order chi connectivity index (χ0) is 15.9. The lowest BCUT2D eigenvalue weighted by atomic mass is 10.3. The Bertz CT molecular complexity index is 641. The van der Waals surface area contributed by atoms with Crippen LogP contribution in [0.15, 0.2) is 24.3 Å². The van der Waals surface area contributed by atoms with E-state index in [1.54, 1.807) is 38.5 Å². The largest absolute Gasteiger partial charge is 0.497 e. The number of benzene rings is 1. The van der Waals surface area contributed by atoms with Crippen molar-refractivity contribution in [1.82, 2.24) is 4.98 Å². The number of carbonyl (C=O) groups is 1. The highest BCUT2D eigenvalue weighted by Crippen LogP contribution is 2.23. The monoisotopic (exact) mass is 323 g/mol. The van der Waals surface area contributed by atoms with E-state index in [0.717, 1.165) is 16.3 Å². The van der Waals surface area contributed by atoms with Crippen LogP contribution in [0, 0.1) is 0 Å². The molecule has 1 heterocycles. The summed E-state index contributed by atoms with van der Waals surface area (Å²) in [6.45, 7) is 0.598. The highest BCUT2D eigenvalue weighted by Gasteiger charge is 2.17. The van der Waals surface area contributed by atoms with Crippen molar-refractivity contribution in [3.63, 3.8) is 0 Å². The smallest absolute Gasteiger partial charge is 0.347 e. The molecule has 0 fully saturated rings. The first-order chi connectivity index (χ1) is 10.6. The van der Waals surface area contributed by atoms with Crippen LogP contribution in [0.5, 0.6) is 11.5 Å². The Labute approximate surface area is 132 Å². The third kappa shape index (κ3) is 4.19. The molecule has 2 rings (SSSR count). The second kappa shape index (κ2) is 7.77. The summed E-state index contributed by atoms with van der Waals surface area (Å²) in [5, 5.41) is 9.97. The molecule has 1 aromatic heterocycles. The van der Waals surface area contributed by atoms with Gasteiger partial charge in [0.25, 0.3) is 0 Å². The van der Waals surface area contributed by atoms with Crippen LogP contribution >= 0.6 is 11.3 Å². The van der Waals surface area contributed by atoms with Gasteiger partial charge in [-0.1, -0.05) is 6.07 Å². The van der Waals surface area contributed by atoms with Crippen molar-refractivity contribution in [2.24, 2.45) is 0 Å². The molecule has 0 atom stereocenters. The van der Waals surface area contributed by atoms with Gasteiger partial charge in [-0.05, 0) is 12.1 Å². The molecule has 0 saturated heterocycles. The quantitative estimate of drug-likeness (QED) is 0.804. The molecule has 6 nitrogen and oxygen atoms in total. The minimum atomic E-state index is -0.995. The zero-order valence-electron chi connectivity index (χ0n) is 12.4. The molecule has 1 aromatic carbocycles. The molecule has 0 bridgehead atoms. The van der Waals surface area contributed by atoms with Gasteiger partial charge in [0, 0.05) is 19.6 Å². The number of nitrogens with zero attached hydrogens (tertiary/aromatic N) is 1. The molecule has 0 aliphatic carbocycles. The normalized spacial score (nSPS) is 10.5. The summed E-state index contributed by atoms with van der Waals surface area (Å²) >= 11 is 1.16. The molecule has 1 N–H and O–H groups in total. The van der Waals surface area contributed by atoms with E-state index >= 15 is 0 Å². The second-order valence-corrected chi connectivity index (χ2v) is 5.48. The summed E-state index contributed by atoms with van der Waals surface area (Å²) in [4.78, 5) is 15.8. The highest BCUT2D eigenvalue weighted by molar-refractivity contribution is 7.13. The van der Waals surface area contributed by atoms with Crippen molar-refractivity contribution < 1.29 is 24.1 Å². The van der Waals surface area contributed by atoms with Gasteiger partial charge in [-0.25, -0.2) is 9.78 Å². The first-order valence-corrected chi connectivity index (χ1v) is 7.43. The Morgan fingerprint density at radius 2 is 2.09 bits per heavy atom. The third-order valence-corrected chi connectivity index (χ3v) is 4.02. The summed E-state index contributed by atoms with van der Waals surface area (Å²) < 4.78 is 15.7. The van der Waals surface area contributed by atoms with Gasteiger partial charge < -0.3 is 19.3 Å². The fraction of sp³-hybridized carbons (Fsp3) is 0.333. The number of carboxylic acid groups (broad SMARTS) is 1. The minimum Gasteiger partial charge on any atom is -0.497 e. The predicted octanol–water partition coefficient (Wildman–Crippen LogP) is 2.62. The number of aromatic nitrogens is 1. The fourth-order valence-electron chi connectivity index (χ4n) is 1.80. The van der Waals surface area contributed by atoms with Gasteiger partial charge in [-0.2, -0.15) is 0 Å². The first-order valence-electron chi connectivity index (χ1n) is 6.61. The van der Waals surface area contributed by atoms with Crippen molar-refractivity contribution in [3.05, 3.63) is 39.8 Å². The lowest BCUT2D eigenvalue weighted by molar-refractivity contribution is 0.0699. The number of rotatable bonds is 8. The van der Waals surface area contributed by atoms with Crippen LogP contribution < -0.4 is 9.47 Å². The molecule has 0 unspecified atom stereocenters. The van der Waals surface area contributed by atoms with Crippen LogP contribution in [0.3, 0.4) is 0 Å². The van der Waals surface area contributed by atoms with Crippen molar-refractivity contribution in [2.75, 3.05) is 20.8 Å². The lowest BCUT2D eigenvalue weighted by Crippen LogP contribution is -2.03. The highest BCUT2D eigenvalue weighted by atomic mass is 32.1. The molecule has 7 heteroatoms. The van der Waals surface area contributed by atoms with E-state index < -0.39 is 5.97 Å². The zero-order valence-corrected chi connectivity index (χ0v) is 13.2. The standard InChI is InChI=1S/C15H17NO5S/c1-19-7-6-13-16-12(14(22-13)15(17)18)9-21-11-5-3-4-10(8-11)20-2/h3-5,8H,6-7,9H2,1-2H3,(H,17,18). The summed E-state index contributed by atoms with van der Waals surface area (Å²) in [6, 6.07) is 7.12. The summed E-state index contributed by atoms with van der Waals surface area (Å²) in [5.74, 6) is 0.280. The maximum absolute atomic E-state index is 11.3. The van der Waals surface area contributed by atoms with Crippen molar-refractivity contribution in [3.8, 4) is 11.5 Å². The molecule has 2 aromatic rings. The molecule has 0 aliphatic rings. The van der Waals surface area contributed by atoms with Gasteiger partial charge >= 0.3 is 5.97 Å². The first kappa shape index (κ1) is 16.3. The molecular weight excluding hydrogens is 306 g/mol. The van der Waals surface area contributed by atoms with Gasteiger partial charge in [-0.15, -0.1) is 11.3 Å². The van der Waals surface area contributed by atoms with Crippen LogP contribution in [-0.4, -0.2) is 36.9 Å². The van der Waals surface area contributed by atoms with Crippen LogP contribution in [0.4, 0.5) is 0 Å². The predicted molar refractivity (Wildman–Crippen MR) is 82.0 cm³/mol. The van der Waals surface area contributed by atoms with Gasteiger partial charge in [0.2, 0.25) is 0 Å². The Kier molecular flexibility index (Phi) is 5.74. The second-order valence-electron chi connectivity index (χ2n) is 4.40. The molecule has 0 spiro atoms. The minimum absolute atomic E-state index is 0.0955. The van der Waals surface area contributed by atoms with E-state index in [2.05, 4.69) is 4.98 Å². The van der Waals surface area contributed by atoms with Gasteiger partial charge in [0.15, 0.2) is 0 Å². The average Bonchev–Trinajstić information content (AvgIpc) is 2.94. The van der Waals surface area contributed by atoms with Crippen LogP contribution in [-0.2, 0) is 17.8 Å². The molecule has 22 heavy (non-hydrogen) atoms. The van der Waals surface area contributed by atoms with E-state index in [9.17, 15) is 9.90 Å². The molecule has 118 valence electrons. The summed E-state index contributed by atoms with van der Waals surface area (Å²) in [7, 11) is 3.17. The van der Waals surface area contributed by atoms with Crippen molar-refractivity contribution in [2.45, 2.75) is 13.0 Å². The number of hydrogen-bond acceptors (Lipinski definition) is 6. The average molecular weight is 323 g/mol. The molecule has 0 saturated carbocycles. The third-order valence-electron chi connectivity index (χ3n) is 2.87. The van der Waals surface area contributed by atoms with Crippen LogP contribution in [0.2, 0.25) is 0 Å². The summed E-state index contributed by atoms with van der Waals surface area (Å²) in [6.07, 6.45) is 0.584. The van der Waals surface area contributed by atoms with Gasteiger partial charge in [0.1, 0.15) is 28.7 Å². The van der Waals surface area contributed by atoms with Gasteiger partial charge in [-0.3, -0.25) is 0 Å². The fourth-order valence-corrected chi connectivity index (χ4v) is 2.69. The van der Waals surface area contributed by atoms with Gasteiger partial charge in [0.05, 0.1) is 18.7 Å². The Balaban J connectivity index is 2.10. The Hall–Kier alpha value is -2.12. The maximum Gasteiger partial charge on any atom is 0.347 e. The number of carboxylic acids is 1. The Morgan fingerprint density at radius 3 is 2.77 bits per heavy atom. The van der Waals surface area contributed by atoms with Crippen LogP contribution in [0.1, 0.15) is 20.4 Å². The number of thiazole rings is 1. The SMILES string of the molecule is COCCc1nc(COc2cccc(OC)c2)c(C(=O)O)s1. The Morgan fingerprint density at radius 1 is 1.32 bits per heavy atom. The van der Waals surface area contributed by atoms with E-state index in [4.69, 9.17) is 14.2 Å². The van der Waals surface area contributed by atoms with Crippen molar-refractivity contribution >= 4 is 17.3 Å². The summed E-state index contributed by atoms with van der Waals surface area (Å²) in [5.41, 5.74) is 0.423. The molecule has 0 radical (unpaired) electrons. The van der Waals surface area contributed by atoms with E-state index in [1.165, 1.54) is 0 Å². The number of methoxy groups -OCH3 is 2. The molecule has 0 aliphatic heterocycles. The van der Waals surface area contributed by atoms with E-state index in [1.807, 2.05) is 0 Å².